The Hall–Kier alpha value is -1.67. The molecule has 134 valence electrons. The summed E-state index contributed by atoms with van der Waals surface area (Å²) in [5, 5.41) is 3.17. The Morgan fingerprint density at radius 2 is 1.76 bits per heavy atom. The van der Waals surface area contributed by atoms with Crippen LogP contribution in [0.4, 0.5) is 10.1 Å². The van der Waals surface area contributed by atoms with Crippen LogP contribution in [0.5, 0.6) is 0 Å². The van der Waals surface area contributed by atoms with Crippen LogP contribution in [0.25, 0.3) is 0 Å². The molecule has 2 aromatic carbocycles. The predicted octanol–water partition coefficient (Wildman–Crippen LogP) is 3.53. The van der Waals surface area contributed by atoms with Gasteiger partial charge in [-0.15, -0.1) is 0 Å². The van der Waals surface area contributed by atoms with Crippen molar-refractivity contribution in [1.82, 2.24) is 4.31 Å². The van der Waals surface area contributed by atoms with E-state index in [2.05, 4.69) is 5.32 Å². The van der Waals surface area contributed by atoms with Crippen molar-refractivity contribution in [3.63, 3.8) is 0 Å². The number of carbonyl (C=O) groups excluding carboxylic acids is 1. The second kappa shape index (κ2) is 8.14. The standard InChI is InChI=1S/C16H15Cl2FN2O3S/c1-25(23,24)21(9-11-4-2-3-5-15(11)19)10-16(22)20-14-7-12(17)6-13(18)8-14/h2-8H,9-10H2,1H3,(H,20,22). The van der Waals surface area contributed by atoms with Gasteiger partial charge in [0.15, 0.2) is 0 Å². The third kappa shape index (κ3) is 5.97. The van der Waals surface area contributed by atoms with Gasteiger partial charge in [0.25, 0.3) is 0 Å². The van der Waals surface area contributed by atoms with Gasteiger partial charge in [-0.2, -0.15) is 4.31 Å². The molecule has 9 heteroatoms. The summed E-state index contributed by atoms with van der Waals surface area (Å²) in [4.78, 5) is 12.2. The first kappa shape index (κ1) is 19.7. The van der Waals surface area contributed by atoms with Gasteiger partial charge in [-0.05, 0) is 24.3 Å². The van der Waals surface area contributed by atoms with E-state index in [1.807, 2.05) is 0 Å². The molecule has 0 saturated carbocycles. The SMILES string of the molecule is CS(=O)(=O)N(CC(=O)Nc1cc(Cl)cc(Cl)c1)Cc1ccccc1F. The Kier molecular flexibility index (Phi) is 6.40. The Bertz CT molecular complexity index is 870. The molecule has 0 aliphatic heterocycles. The van der Waals surface area contributed by atoms with E-state index in [0.717, 1.165) is 10.6 Å². The molecule has 1 amide bonds. The van der Waals surface area contributed by atoms with E-state index in [4.69, 9.17) is 23.2 Å². The fourth-order valence-corrected chi connectivity index (χ4v) is 3.35. The van der Waals surface area contributed by atoms with Crippen molar-refractivity contribution in [1.29, 1.82) is 0 Å². The number of nitrogens with zero attached hydrogens (tertiary/aromatic N) is 1. The van der Waals surface area contributed by atoms with Crippen molar-refractivity contribution in [2.24, 2.45) is 0 Å². The molecule has 25 heavy (non-hydrogen) atoms. The molecule has 0 aliphatic carbocycles. The molecular weight excluding hydrogens is 390 g/mol. The summed E-state index contributed by atoms with van der Waals surface area (Å²) in [7, 11) is -3.73. The van der Waals surface area contributed by atoms with Crippen LogP contribution in [0.15, 0.2) is 42.5 Å². The highest BCUT2D eigenvalue weighted by atomic mass is 35.5. The molecule has 2 aromatic rings. The quantitative estimate of drug-likeness (QED) is 0.800. The number of hydrogen-bond donors (Lipinski definition) is 1. The monoisotopic (exact) mass is 404 g/mol. The lowest BCUT2D eigenvalue weighted by Gasteiger charge is -2.20. The van der Waals surface area contributed by atoms with Crippen LogP contribution >= 0.6 is 23.2 Å². The first-order chi connectivity index (χ1) is 11.6. The van der Waals surface area contributed by atoms with Crippen LogP contribution in [0, 0.1) is 5.82 Å². The molecule has 0 aliphatic rings. The minimum atomic E-state index is -3.73. The van der Waals surface area contributed by atoms with Gasteiger partial charge in [0, 0.05) is 27.8 Å². The smallest absolute Gasteiger partial charge is 0.239 e. The fraction of sp³-hybridized carbons (Fsp3) is 0.188. The molecule has 0 fully saturated rings. The van der Waals surface area contributed by atoms with Crippen molar-refractivity contribution in [3.05, 3.63) is 63.9 Å². The van der Waals surface area contributed by atoms with E-state index < -0.39 is 28.3 Å². The maximum atomic E-state index is 13.8. The molecule has 5 nitrogen and oxygen atoms in total. The Morgan fingerprint density at radius 3 is 2.32 bits per heavy atom. The molecule has 0 aromatic heterocycles. The number of hydrogen-bond acceptors (Lipinski definition) is 3. The van der Waals surface area contributed by atoms with E-state index in [9.17, 15) is 17.6 Å². The zero-order valence-corrected chi connectivity index (χ0v) is 15.5. The van der Waals surface area contributed by atoms with Gasteiger partial charge in [0.1, 0.15) is 5.82 Å². The van der Waals surface area contributed by atoms with Gasteiger partial charge in [-0.1, -0.05) is 41.4 Å². The average molecular weight is 405 g/mol. The third-order valence-electron chi connectivity index (χ3n) is 3.24. The zero-order valence-electron chi connectivity index (χ0n) is 13.2. The topological polar surface area (TPSA) is 66.5 Å². The van der Waals surface area contributed by atoms with Crippen molar-refractivity contribution >= 4 is 44.8 Å². The highest BCUT2D eigenvalue weighted by molar-refractivity contribution is 7.88. The van der Waals surface area contributed by atoms with Crippen molar-refractivity contribution < 1.29 is 17.6 Å². The molecule has 0 atom stereocenters. The summed E-state index contributed by atoms with van der Waals surface area (Å²) in [6, 6.07) is 10.2. The zero-order chi connectivity index (χ0) is 18.6. The Balaban J connectivity index is 2.14. The van der Waals surface area contributed by atoms with E-state index >= 15 is 0 Å². The van der Waals surface area contributed by atoms with Crippen LogP contribution in [0.1, 0.15) is 5.56 Å². The Labute approximate surface area is 155 Å². The predicted molar refractivity (Wildman–Crippen MR) is 96.7 cm³/mol. The van der Waals surface area contributed by atoms with E-state index in [1.54, 1.807) is 6.07 Å². The Morgan fingerprint density at radius 1 is 1.16 bits per heavy atom. The molecule has 0 heterocycles. The van der Waals surface area contributed by atoms with Gasteiger partial charge >= 0.3 is 0 Å². The van der Waals surface area contributed by atoms with Crippen molar-refractivity contribution in [2.75, 3.05) is 18.1 Å². The lowest BCUT2D eigenvalue weighted by molar-refractivity contribution is -0.116. The van der Waals surface area contributed by atoms with Crippen LogP contribution in [0.3, 0.4) is 0 Å². The van der Waals surface area contributed by atoms with Gasteiger partial charge in [-0.25, -0.2) is 12.8 Å². The van der Waals surface area contributed by atoms with Crippen LogP contribution in [0.2, 0.25) is 10.0 Å². The number of carbonyl (C=O) groups is 1. The van der Waals surface area contributed by atoms with Gasteiger partial charge in [0.05, 0.1) is 12.8 Å². The lowest BCUT2D eigenvalue weighted by atomic mass is 10.2. The molecular formula is C16H15Cl2FN2O3S. The van der Waals surface area contributed by atoms with E-state index in [1.165, 1.54) is 36.4 Å². The van der Waals surface area contributed by atoms with Crippen LogP contribution in [-0.2, 0) is 21.4 Å². The average Bonchev–Trinajstić information content (AvgIpc) is 2.46. The minimum absolute atomic E-state index is 0.173. The summed E-state index contributed by atoms with van der Waals surface area (Å²) in [6.07, 6.45) is 0.956. The number of nitrogens with one attached hydrogen (secondary N) is 1. The molecule has 0 unspecified atom stereocenters. The molecule has 1 N–H and O–H groups in total. The molecule has 0 bridgehead atoms. The number of amides is 1. The van der Waals surface area contributed by atoms with Crippen molar-refractivity contribution in [3.8, 4) is 0 Å². The maximum Gasteiger partial charge on any atom is 0.239 e. The summed E-state index contributed by atoms with van der Waals surface area (Å²) in [5.74, 6) is -1.14. The van der Waals surface area contributed by atoms with Gasteiger partial charge in [-0.3, -0.25) is 4.79 Å². The molecule has 2 rings (SSSR count). The summed E-state index contributed by atoms with van der Waals surface area (Å²) >= 11 is 11.7. The number of sulfonamides is 1. The highest BCUT2D eigenvalue weighted by Crippen LogP contribution is 2.22. The molecule has 0 spiro atoms. The lowest BCUT2D eigenvalue weighted by Crippen LogP contribution is -2.37. The normalized spacial score (nSPS) is 11.6. The first-order valence-corrected chi connectivity index (χ1v) is 9.70. The maximum absolute atomic E-state index is 13.8. The van der Waals surface area contributed by atoms with Crippen LogP contribution < -0.4 is 5.32 Å². The van der Waals surface area contributed by atoms with Crippen LogP contribution in [-0.4, -0.2) is 31.4 Å². The number of benzene rings is 2. The summed E-state index contributed by atoms with van der Waals surface area (Å²) in [6.45, 7) is -0.730. The second-order valence-corrected chi connectivity index (χ2v) is 8.18. The second-order valence-electron chi connectivity index (χ2n) is 5.33. The number of anilines is 1. The summed E-state index contributed by atoms with van der Waals surface area (Å²) < 4.78 is 38.5. The van der Waals surface area contributed by atoms with E-state index in [0.29, 0.717) is 15.7 Å². The molecule has 0 radical (unpaired) electrons. The van der Waals surface area contributed by atoms with E-state index in [-0.39, 0.29) is 12.1 Å². The van der Waals surface area contributed by atoms with Gasteiger partial charge < -0.3 is 5.32 Å². The largest absolute Gasteiger partial charge is 0.325 e. The first-order valence-electron chi connectivity index (χ1n) is 7.09. The third-order valence-corrected chi connectivity index (χ3v) is 4.87. The summed E-state index contributed by atoms with van der Waals surface area (Å²) in [5.41, 5.74) is 0.508. The minimum Gasteiger partial charge on any atom is -0.325 e. The molecule has 0 saturated heterocycles. The van der Waals surface area contributed by atoms with Crippen molar-refractivity contribution in [2.45, 2.75) is 6.54 Å². The fourth-order valence-electron chi connectivity index (χ4n) is 2.09. The highest BCUT2D eigenvalue weighted by Gasteiger charge is 2.22. The van der Waals surface area contributed by atoms with Gasteiger partial charge in [0.2, 0.25) is 15.9 Å². The number of halogens is 3. The number of rotatable bonds is 6.